The van der Waals surface area contributed by atoms with E-state index in [1.807, 2.05) is 53.8 Å². The molecule has 174 valence electrons. The fourth-order valence-corrected chi connectivity index (χ4v) is 4.05. The first-order valence-electron chi connectivity index (χ1n) is 11.1. The Morgan fingerprint density at radius 2 is 1.85 bits per heavy atom. The lowest BCUT2D eigenvalue weighted by molar-refractivity contribution is -0.111. The van der Waals surface area contributed by atoms with E-state index >= 15 is 0 Å². The number of fused-ring (bicyclic) bond motifs is 1. The van der Waals surface area contributed by atoms with E-state index in [4.69, 9.17) is 5.73 Å². The van der Waals surface area contributed by atoms with E-state index in [2.05, 4.69) is 39.8 Å². The Kier molecular flexibility index (Phi) is 8.35. The van der Waals surface area contributed by atoms with Gasteiger partial charge in [0.05, 0.1) is 0 Å². The van der Waals surface area contributed by atoms with Crippen molar-refractivity contribution in [3.63, 3.8) is 0 Å². The number of nitrogens with two attached hydrogens (primary N) is 1. The molecule has 3 rings (SSSR count). The van der Waals surface area contributed by atoms with E-state index in [1.54, 1.807) is 13.2 Å². The van der Waals surface area contributed by atoms with E-state index < -0.39 is 0 Å². The number of allylic oxidation sites excluding steroid dienone is 1. The maximum absolute atomic E-state index is 12.0. The van der Waals surface area contributed by atoms with Gasteiger partial charge >= 0.3 is 0 Å². The fraction of sp³-hybridized carbons (Fsp3) is 0.296. The zero-order chi connectivity index (χ0) is 24.9. The molecule has 0 saturated heterocycles. The molecule has 0 saturated carbocycles. The van der Waals surface area contributed by atoms with E-state index in [-0.39, 0.29) is 5.91 Å². The minimum Gasteiger partial charge on any atom is -0.404 e. The molecule has 0 spiro atoms. The molecular weight excluding hydrogens is 410 g/mol. The van der Waals surface area contributed by atoms with Gasteiger partial charge in [-0.25, -0.2) is 4.98 Å². The lowest BCUT2D eigenvalue weighted by atomic mass is 9.91. The van der Waals surface area contributed by atoms with E-state index in [1.165, 1.54) is 6.08 Å². The van der Waals surface area contributed by atoms with Crippen molar-refractivity contribution in [3.05, 3.63) is 65.1 Å². The van der Waals surface area contributed by atoms with Crippen molar-refractivity contribution < 1.29 is 4.79 Å². The van der Waals surface area contributed by atoms with Crippen LogP contribution in [-0.2, 0) is 4.79 Å². The molecule has 0 aliphatic rings. The predicted octanol–water partition coefficient (Wildman–Crippen LogP) is 6.00. The summed E-state index contributed by atoms with van der Waals surface area (Å²) in [5, 5.41) is 3.98. The first-order valence-corrected chi connectivity index (χ1v) is 11.1. The summed E-state index contributed by atoms with van der Waals surface area (Å²) in [5.74, 6) is -0.230. The number of benzene rings is 1. The lowest BCUT2D eigenvalue weighted by Crippen LogP contribution is -2.10. The van der Waals surface area contributed by atoms with Crippen molar-refractivity contribution in [2.24, 2.45) is 10.7 Å². The van der Waals surface area contributed by atoms with Gasteiger partial charge in [-0.15, -0.1) is 0 Å². The van der Waals surface area contributed by atoms with Gasteiger partial charge in [0.1, 0.15) is 5.65 Å². The van der Waals surface area contributed by atoms with Crippen LogP contribution in [0.25, 0.3) is 27.7 Å². The van der Waals surface area contributed by atoms with Crippen LogP contribution in [0.3, 0.4) is 0 Å². The van der Waals surface area contributed by atoms with Gasteiger partial charge in [-0.1, -0.05) is 32.6 Å². The highest BCUT2D eigenvalue weighted by Crippen LogP contribution is 2.40. The summed E-state index contributed by atoms with van der Waals surface area (Å²) in [4.78, 5) is 24.4. The van der Waals surface area contributed by atoms with Gasteiger partial charge < -0.3 is 16.0 Å². The monoisotopic (exact) mass is 445 g/mol. The van der Waals surface area contributed by atoms with Crippen LogP contribution in [0.5, 0.6) is 0 Å². The average molecular weight is 446 g/mol. The molecule has 0 bridgehead atoms. The minimum absolute atomic E-state index is 0.230. The van der Waals surface area contributed by atoms with E-state index in [0.717, 1.165) is 67.1 Å². The molecule has 6 heteroatoms. The topological polar surface area (TPSA) is 96.2 Å². The third kappa shape index (κ3) is 4.75. The van der Waals surface area contributed by atoms with Crippen LogP contribution < -0.4 is 11.1 Å². The van der Waals surface area contributed by atoms with Crippen LogP contribution in [0.2, 0.25) is 0 Å². The molecule has 33 heavy (non-hydrogen) atoms. The molecule has 0 atom stereocenters. The van der Waals surface area contributed by atoms with Crippen LogP contribution in [-0.4, -0.2) is 28.6 Å². The summed E-state index contributed by atoms with van der Waals surface area (Å²) in [6.45, 7) is 17.6. The number of anilines is 1. The Labute approximate surface area is 196 Å². The maximum atomic E-state index is 12.0. The van der Waals surface area contributed by atoms with E-state index in [9.17, 15) is 4.79 Å². The summed E-state index contributed by atoms with van der Waals surface area (Å²) in [5.41, 5.74) is 16.4. The summed E-state index contributed by atoms with van der Waals surface area (Å²) in [6.07, 6.45) is 4.70. The molecule has 0 aliphatic heterocycles. The molecule has 4 N–H and O–H groups in total. The zero-order valence-electron chi connectivity index (χ0n) is 21.0. The van der Waals surface area contributed by atoms with Gasteiger partial charge in [0.15, 0.2) is 0 Å². The average Bonchev–Trinajstić information content (AvgIpc) is 3.16. The number of aliphatic imine (C=N–C) groups is 1. The Morgan fingerprint density at radius 1 is 1.18 bits per heavy atom. The Hall–Kier alpha value is -3.67. The number of hydrogen-bond acceptors (Lipinski definition) is 4. The van der Waals surface area contributed by atoms with Crippen LogP contribution >= 0.6 is 0 Å². The third-order valence-electron chi connectivity index (χ3n) is 5.83. The SMILES string of the molecule is C=CC(=O)Nc1c(C)ccc(-c2c(C)[nH]c3ncc(/C(=C/N)C(C)=NC)c(C)c23)c1C.CC. The zero-order valence-corrected chi connectivity index (χ0v) is 21.0. The molecule has 0 aliphatic carbocycles. The molecule has 2 heterocycles. The first-order chi connectivity index (χ1) is 15.7. The number of amides is 1. The van der Waals surface area contributed by atoms with Crippen LogP contribution in [0.15, 0.2) is 42.2 Å². The first kappa shape index (κ1) is 25.6. The normalized spacial score (nSPS) is 11.8. The smallest absolute Gasteiger partial charge is 0.247 e. The molecule has 0 fully saturated rings. The number of carbonyl (C=O) groups is 1. The van der Waals surface area contributed by atoms with Gasteiger partial charge in [0, 0.05) is 58.6 Å². The number of carbonyl (C=O) groups excluding carboxylic acids is 1. The highest BCUT2D eigenvalue weighted by atomic mass is 16.1. The second-order valence-corrected chi connectivity index (χ2v) is 7.66. The number of nitrogens with one attached hydrogen (secondary N) is 2. The highest BCUT2D eigenvalue weighted by molar-refractivity contribution is 6.23. The standard InChI is InChI=1S/C25H29N5O.C2H6/c1-8-21(31)30-24-13(2)9-10-18(15(24)4)23-17(6)29-25-22(23)14(3)20(12-28-25)19(11-26)16(5)27-7;1-2/h8-12H,1,26H2,2-7H3,(H,28,29)(H,30,31);1-2H3/b19-11+,27-16?;. The second kappa shape index (κ2) is 10.8. The van der Waals surface area contributed by atoms with Crippen LogP contribution in [0, 0.1) is 27.7 Å². The molecular formula is C27H35N5O. The second-order valence-electron chi connectivity index (χ2n) is 7.66. The summed E-state index contributed by atoms with van der Waals surface area (Å²) >= 11 is 0. The number of aromatic nitrogens is 2. The van der Waals surface area contributed by atoms with E-state index in [0.29, 0.717) is 0 Å². The highest BCUT2D eigenvalue weighted by Gasteiger charge is 2.21. The quantitative estimate of drug-likeness (QED) is 0.332. The number of nitrogens with zero attached hydrogens (tertiary/aromatic N) is 2. The van der Waals surface area contributed by atoms with Crippen molar-refractivity contribution in [2.75, 3.05) is 12.4 Å². The molecule has 6 nitrogen and oxygen atoms in total. The lowest BCUT2D eigenvalue weighted by Gasteiger charge is -2.16. The van der Waals surface area contributed by atoms with Gasteiger partial charge in [-0.3, -0.25) is 9.79 Å². The van der Waals surface area contributed by atoms with Gasteiger partial charge in [-0.2, -0.15) is 0 Å². The summed E-state index contributed by atoms with van der Waals surface area (Å²) in [7, 11) is 1.75. The van der Waals surface area contributed by atoms with Crippen molar-refractivity contribution in [2.45, 2.75) is 48.5 Å². The number of hydrogen-bond donors (Lipinski definition) is 3. The maximum Gasteiger partial charge on any atom is 0.247 e. The Bertz CT molecular complexity index is 1260. The molecule has 2 aromatic heterocycles. The molecule has 0 radical (unpaired) electrons. The number of aryl methyl sites for hydroxylation is 3. The minimum atomic E-state index is -0.230. The number of rotatable bonds is 5. The van der Waals surface area contributed by atoms with Crippen molar-refractivity contribution in [3.8, 4) is 11.1 Å². The number of pyridine rings is 1. The third-order valence-corrected chi connectivity index (χ3v) is 5.83. The van der Waals surface area contributed by atoms with Crippen LogP contribution in [0.4, 0.5) is 5.69 Å². The largest absolute Gasteiger partial charge is 0.404 e. The number of H-pyrrole nitrogens is 1. The van der Waals surface area contributed by atoms with Gasteiger partial charge in [0.25, 0.3) is 0 Å². The van der Waals surface area contributed by atoms with Gasteiger partial charge in [0.2, 0.25) is 5.91 Å². The molecule has 3 aromatic rings. The molecule has 1 amide bonds. The van der Waals surface area contributed by atoms with Crippen molar-refractivity contribution in [1.29, 1.82) is 0 Å². The molecule has 0 unspecified atom stereocenters. The summed E-state index contributed by atoms with van der Waals surface area (Å²) in [6, 6.07) is 4.11. The number of aromatic amines is 1. The van der Waals surface area contributed by atoms with Crippen molar-refractivity contribution >= 4 is 33.9 Å². The summed E-state index contributed by atoms with van der Waals surface area (Å²) < 4.78 is 0. The van der Waals surface area contributed by atoms with Crippen LogP contribution in [0.1, 0.15) is 48.7 Å². The molecule has 1 aromatic carbocycles. The van der Waals surface area contributed by atoms with Gasteiger partial charge in [-0.05, 0) is 62.9 Å². The fourth-order valence-electron chi connectivity index (χ4n) is 4.05. The Morgan fingerprint density at radius 3 is 2.42 bits per heavy atom. The Balaban J connectivity index is 0.00000187. The predicted molar refractivity (Wildman–Crippen MR) is 142 cm³/mol. The van der Waals surface area contributed by atoms with Crippen molar-refractivity contribution in [1.82, 2.24) is 9.97 Å².